The summed E-state index contributed by atoms with van der Waals surface area (Å²) in [6.07, 6.45) is 2.64. The van der Waals surface area contributed by atoms with E-state index in [1.165, 1.54) is 0 Å². The molecule has 3 aromatic carbocycles. The zero-order chi connectivity index (χ0) is 21.4. The normalized spacial score (nSPS) is 20.3. The van der Waals surface area contributed by atoms with Crippen molar-refractivity contribution < 1.29 is 4.79 Å². The molecule has 0 saturated heterocycles. The molecule has 1 aromatic heterocycles. The van der Waals surface area contributed by atoms with Crippen LogP contribution in [0.5, 0.6) is 0 Å². The number of para-hydroxylation sites is 1. The van der Waals surface area contributed by atoms with Gasteiger partial charge in [-0.3, -0.25) is 9.78 Å². The molecule has 154 valence electrons. The van der Waals surface area contributed by atoms with Gasteiger partial charge in [0.2, 0.25) is 5.91 Å². The predicted molar refractivity (Wildman–Crippen MR) is 127 cm³/mol. The number of hydrogen-bond acceptors (Lipinski definition) is 2. The van der Waals surface area contributed by atoms with E-state index in [4.69, 9.17) is 23.2 Å². The first kappa shape index (κ1) is 20.0. The summed E-state index contributed by atoms with van der Waals surface area (Å²) < 4.78 is 0. The van der Waals surface area contributed by atoms with Gasteiger partial charge in [0.05, 0.1) is 17.1 Å². The average molecular weight is 447 g/mol. The number of hydrogen-bond donors (Lipinski definition) is 1. The minimum atomic E-state index is -0.193. The summed E-state index contributed by atoms with van der Waals surface area (Å²) in [5, 5.41) is 5.54. The molecular weight excluding hydrogens is 427 g/mol. The maximum absolute atomic E-state index is 13.5. The molecule has 1 aliphatic rings. The minimum absolute atomic E-state index is 0.00398. The number of fused-ring (bicyclic) bond motifs is 1. The number of nitrogens with zero attached hydrogens (tertiary/aromatic N) is 1. The van der Waals surface area contributed by atoms with E-state index in [2.05, 4.69) is 10.3 Å². The Hall–Kier alpha value is -2.88. The molecule has 1 heterocycles. The number of amides is 1. The highest BCUT2D eigenvalue weighted by molar-refractivity contribution is 6.30. The zero-order valence-electron chi connectivity index (χ0n) is 16.6. The summed E-state index contributed by atoms with van der Waals surface area (Å²) in [6.45, 7) is 0. The van der Waals surface area contributed by atoms with Crippen LogP contribution in [0.2, 0.25) is 10.0 Å². The van der Waals surface area contributed by atoms with Gasteiger partial charge in [0.1, 0.15) is 0 Å². The third-order valence-electron chi connectivity index (χ3n) is 6.16. The van der Waals surface area contributed by atoms with Crippen LogP contribution in [0, 0.1) is 5.92 Å². The minimum Gasteiger partial charge on any atom is -0.324 e. The topological polar surface area (TPSA) is 42.0 Å². The van der Waals surface area contributed by atoms with E-state index in [9.17, 15) is 4.79 Å². The molecule has 0 bridgehead atoms. The van der Waals surface area contributed by atoms with Crippen LogP contribution in [0.3, 0.4) is 0 Å². The van der Waals surface area contributed by atoms with Gasteiger partial charge in [-0.2, -0.15) is 0 Å². The molecule has 1 saturated carbocycles. The highest BCUT2D eigenvalue weighted by Gasteiger charge is 2.47. The van der Waals surface area contributed by atoms with Crippen LogP contribution < -0.4 is 5.32 Å². The Labute approximate surface area is 191 Å². The van der Waals surface area contributed by atoms with Gasteiger partial charge in [-0.25, -0.2) is 0 Å². The zero-order valence-corrected chi connectivity index (χ0v) is 18.1. The highest BCUT2D eigenvalue weighted by Crippen LogP contribution is 2.53. The van der Waals surface area contributed by atoms with E-state index in [0.717, 1.165) is 34.1 Å². The molecule has 3 nitrogen and oxygen atoms in total. The number of rotatable bonds is 4. The molecule has 1 N–H and O–H groups in total. The van der Waals surface area contributed by atoms with Gasteiger partial charge < -0.3 is 5.32 Å². The number of anilines is 1. The summed E-state index contributed by atoms with van der Waals surface area (Å²) in [6, 6.07) is 25.3. The number of carbonyl (C=O) groups excluding carboxylic acids is 1. The summed E-state index contributed by atoms with van der Waals surface area (Å²) in [5.41, 5.74) is 3.79. The fourth-order valence-electron chi connectivity index (χ4n) is 4.54. The predicted octanol–water partition coefficient (Wildman–Crippen LogP) is 7.07. The van der Waals surface area contributed by atoms with E-state index in [0.29, 0.717) is 10.0 Å². The molecule has 1 aliphatic carbocycles. The third-order valence-corrected chi connectivity index (χ3v) is 6.67. The van der Waals surface area contributed by atoms with Gasteiger partial charge >= 0.3 is 0 Å². The van der Waals surface area contributed by atoms with Gasteiger partial charge in [0.15, 0.2) is 0 Å². The maximum Gasteiger partial charge on any atom is 0.228 e. The quantitative estimate of drug-likeness (QED) is 0.364. The lowest BCUT2D eigenvalue weighted by atomic mass is 9.59. The maximum atomic E-state index is 13.5. The summed E-state index contributed by atoms with van der Waals surface area (Å²) in [7, 11) is 0. The highest BCUT2D eigenvalue weighted by atomic mass is 35.5. The number of benzene rings is 3. The average Bonchev–Trinajstić information content (AvgIpc) is 2.76. The van der Waals surface area contributed by atoms with Gasteiger partial charge in [0.25, 0.3) is 0 Å². The van der Waals surface area contributed by atoms with Crippen molar-refractivity contribution in [1.29, 1.82) is 0 Å². The Kier molecular flexibility index (Phi) is 5.39. The molecule has 0 radical (unpaired) electrons. The summed E-state index contributed by atoms with van der Waals surface area (Å²) >= 11 is 12.2. The number of pyridine rings is 1. The Morgan fingerprint density at radius 2 is 1.39 bits per heavy atom. The Balaban J connectivity index is 1.48. The van der Waals surface area contributed by atoms with Crippen molar-refractivity contribution in [3.63, 3.8) is 0 Å². The van der Waals surface area contributed by atoms with Crippen molar-refractivity contribution in [3.05, 3.63) is 106 Å². The SMILES string of the molecule is O=C(Nc1cccc2cccnc12)C1C(c2ccc(Cl)cc2)CC1c1ccc(Cl)cc1. The molecule has 2 unspecified atom stereocenters. The van der Waals surface area contributed by atoms with E-state index in [1.54, 1.807) is 6.20 Å². The van der Waals surface area contributed by atoms with Crippen LogP contribution in [0.4, 0.5) is 5.69 Å². The number of carbonyl (C=O) groups is 1. The van der Waals surface area contributed by atoms with E-state index >= 15 is 0 Å². The first-order valence-corrected chi connectivity index (χ1v) is 11.0. The summed E-state index contributed by atoms with van der Waals surface area (Å²) in [4.78, 5) is 18.0. The lowest BCUT2D eigenvalue weighted by Gasteiger charge is -2.44. The van der Waals surface area contributed by atoms with Gasteiger partial charge in [-0.1, -0.05) is 65.7 Å². The van der Waals surface area contributed by atoms with Crippen LogP contribution in [0.15, 0.2) is 85.1 Å². The van der Waals surface area contributed by atoms with Crippen molar-refractivity contribution in [3.8, 4) is 0 Å². The molecule has 5 rings (SSSR count). The van der Waals surface area contributed by atoms with Crippen LogP contribution in [-0.4, -0.2) is 10.9 Å². The van der Waals surface area contributed by atoms with Crippen LogP contribution >= 0.6 is 23.2 Å². The Morgan fingerprint density at radius 1 is 0.806 bits per heavy atom. The monoisotopic (exact) mass is 446 g/mol. The second-order valence-corrected chi connectivity index (χ2v) is 8.82. The van der Waals surface area contributed by atoms with Crippen molar-refractivity contribution >= 4 is 45.7 Å². The van der Waals surface area contributed by atoms with Crippen LogP contribution in [0.25, 0.3) is 10.9 Å². The lowest BCUT2D eigenvalue weighted by Crippen LogP contribution is -2.42. The molecule has 4 aromatic rings. The Morgan fingerprint density at radius 3 is 2.00 bits per heavy atom. The van der Waals surface area contributed by atoms with Gasteiger partial charge in [0, 0.05) is 21.6 Å². The lowest BCUT2D eigenvalue weighted by molar-refractivity contribution is -0.124. The van der Waals surface area contributed by atoms with E-state index in [-0.39, 0.29) is 23.7 Å². The molecule has 5 heteroatoms. The molecular formula is C26H20Cl2N2O. The molecule has 2 atom stereocenters. The van der Waals surface area contributed by atoms with E-state index in [1.807, 2.05) is 78.9 Å². The van der Waals surface area contributed by atoms with Crippen LogP contribution in [-0.2, 0) is 4.79 Å². The van der Waals surface area contributed by atoms with Crippen molar-refractivity contribution in [2.24, 2.45) is 5.92 Å². The third kappa shape index (κ3) is 3.91. The second-order valence-electron chi connectivity index (χ2n) is 7.95. The van der Waals surface area contributed by atoms with Crippen molar-refractivity contribution in [2.75, 3.05) is 5.32 Å². The fourth-order valence-corrected chi connectivity index (χ4v) is 4.80. The van der Waals surface area contributed by atoms with Crippen molar-refractivity contribution in [2.45, 2.75) is 18.3 Å². The van der Waals surface area contributed by atoms with Crippen molar-refractivity contribution in [1.82, 2.24) is 4.98 Å². The van der Waals surface area contributed by atoms with Crippen LogP contribution in [0.1, 0.15) is 29.4 Å². The molecule has 1 fully saturated rings. The van der Waals surface area contributed by atoms with Gasteiger partial charge in [-0.15, -0.1) is 0 Å². The number of halogens is 2. The largest absolute Gasteiger partial charge is 0.324 e. The van der Waals surface area contributed by atoms with Gasteiger partial charge in [-0.05, 0) is 65.8 Å². The molecule has 0 aliphatic heterocycles. The standard InChI is InChI=1S/C26H20Cl2N2O/c27-19-10-6-16(7-11-19)21-15-22(17-8-12-20(28)13-9-17)24(21)26(31)30-23-5-1-3-18-4-2-14-29-25(18)23/h1-14,21-22,24H,15H2,(H,30,31). The number of nitrogens with one attached hydrogen (secondary N) is 1. The molecule has 0 spiro atoms. The number of aromatic nitrogens is 1. The first-order valence-electron chi connectivity index (χ1n) is 10.3. The second kappa shape index (κ2) is 8.33. The Bertz CT molecular complexity index is 1180. The molecule has 31 heavy (non-hydrogen) atoms. The molecule has 1 amide bonds. The smallest absolute Gasteiger partial charge is 0.228 e. The first-order chi connectivity index (χ1) is 15.1. The fraction of sp³-hybridized carbons (Fsp3) is 0.154. The van der Waals surface area contributed by atoms with E-state index < -0.39 is 0 Å². The summed E-state index contributed by atoms with van der Waals surface area (Å²) in [5.74, 6) is 0.0624.